The highest BCUT2D eigenvalue weighted by Crippen LogP contribution is 2.13. The first kappa shape index (κ1) is 18.3. The summed E-state index contributed by atoms with van der Waals surface area (Å²) in [5, 5.41) is 2.81. The Morgan fingerprint density at radius 2 is 1.67 bits per heavy atom. The van der Waals surface area contributed by atoms with E-state index in [0.29, 0.717) is 12.0 Å². The average Bonchev–Trinajstić information content (AvgIpc) is 2.73. The maximum atomic E-state index is 12.7. The number of carbonyl (C=O) groups excluding carboxylic acids is 2. The molecule has 134 valence electrons. The van der Waals surface area contributed by atoms with E-state index in [9.17, 15) is 9.59 Å². The molecule has 1 atom stereocenters. The van der Waals surface area contributed by atoms with E-state index >= 15 is 0 Å². The van der Waals surface area contributed by atoms with Gasteiger partial charge in [0.15, 0.2) is 0 Å². The van der Waals surface area contributed by atoms with E-state index in [0.717, 1.165) is 23.1 Å². The zero-order chi connectivity index (χ0) is 18.9. The first-order valence-electron chi connectivity index (χ1n) is 8.74. The van der Waals surface area contributed by atoms with Gasteiger partial charge in [-0.2, -0.15) is 0 Å². The van der Waals surface area contributed by atoms with Crippen LogP contribution in [0.15, 0.2) is 79.0 Å². The van der Waals surface area contributed by atoms with E-state index in [1.165, 1.54) is 0 Å². The van der Waals surface area contributed by atoms with Gasteiger partial charge >= 0.3 is 0 Å². The number of hydrogen-bond donors (Lipinski definition) is 1. The maximum Gasteiger partial charge on any atom is 0.252 e. The topological polar surface area (TPSA) is 59.1 Å². The molecule has 4 heteroatoms. The Hall–Kier alpha value is -3.53. The van der Waals surface area contributed by atoms with Crippen molar-refractivity contribution in [2.24, 2.45) is 0 Å². The van der Waals surface area contributed by atoms with Crippen LogP contribution < -0.4 is 5.32 Å². The molecule has 0 fully saturated rings. The molecule has 0 spiro atoms. The van der Waals surface area contributed by atoms with Crippen LogP contribution in [0.2, 0.25) is 0 Å². The Balaban J connectivity index is 1.74. The highest BCUT2D eigenvalue weighted by atomic mass is 16.2. The van der Waals surface area contributed by atoms with Gasteiger partial charge in [0.25, 0.3) is 5.91 Å². The maximum absolute atomic E-state index is 12.7. The van der Waals surface area contributed by atoms with E-state index < -0.39 is 6.04 Å². The minimum atomic E-state index is -0.576. The fraction of sp³-hybridized carbons (Fsp3) is 0.0870. The lowest BCUT2D eigenvalue weighted by Gasteiger charge is -2.14. The lowest BCUT2D eigenvalue weighted by molar-refractivity contribution is -0.109. The number of pyridine rings is 1. The lowest BCUT2D eigenvalue weighted by Crippen LogP contribution is -2.37. The van der Waals surface area contributed by atoms with Gasteiger partial charge in [-0.3, -0.25) is 9.78 Å². The molecule has 4 nitrogen and oxygen atoms in total. The van der Waals surface area contributed by atoms with Gasteiger partial charge in [-0.1, -0.05) is 60.7 Å². The molecule has 0 bridgehead atoms. The fourth-order valence-corrected chi connectivity index (χ4v) is 2.75. The van der Waals surface area contributed by atoms with Crippen LogP contribution in [0.25, 0.3) is 12.2 Å². The van der Waals surface area contributed by atoms with Crippen LogP contribution in [0.5, 0.6) is 0 Å². The van der Waals surface area contributed by atoms with Gasteiger partial charge in [-0.05, 0) is 41.8 Å². The number of amides is 1. The Morgan fingerprint density at radius 1 is 0.926 bits per heavy atom. The predicted molar refractivity (Wildman–Crippen MR) is 107 cm³/mol. The van der Waals surface area contributed by atoms with Crippen molar-refractivity contribution >= 4 is 24.3 Å². The molecule has 1 heterocycles. The number of rotatable bonds is 7. The molecule has 0 aliphatic heterocycles. The third-order valence-corrected chi connectivity index (χ3v) is 4.11. The van der Waals surface area contributed by atoms with Crippen LogP contribution in [-0.2, 0) is 11.2 Å². The van der Waals surface area contributed by atoms with E-state index in [1.807, 2.05) is 72.8 Å². The summed E-state index contributed by atoms with van der Waals surface area (Å²) >= 11 is 0. The van der Waals surface area contributed by atoms with E-state index in [1.54, 1.807) is 18.3 Å². The molecule has 0 aliphatic carbocycles. The third kappa shape index (κ3) is 5.22. The van der Waals surface area contributed by atoms with Crippen molar-refractivity contribution in [2.75, 3.05) is 0 Å². The summed E-state index contributed by atoms with van der Waals surface area (Å²) in [5.41, 5.74) is 3.09. The molecule has 1 aromatic heterocycles. The first-order valence-corrected chi connectivity index (χ1v) is 8.74. The average molecular weight is 356 g/mol. The molecular weight excluding hydrogens is 336 g/mol. The van der Waals surface area contributed by atoms with Gasteiger partial charge in [0, 0.05) is 11.8 Å². The quantitative estimate of drug-likeness (QED) is 0.655. The number of nitrogens with zero attached hydrogens (tertiary/aromatic N) is 1. The van der Waals surface area contributed by atoms with E-state index in [-0.39, 0.29) is 5.91 Å². The zero-order valence-corrected chi connectivity index (χ0v) is 14.8. The molecule has 0 saturated carbocycles. The van der Waals surface area contributed by atoms with Gasteiger partial charge < -0.3 is 10.1 Å². The second-order valence-electron chi connectivity index (χ2n) is 6.08. The third-order valence-electron chi connectivity index (χ3n) is 4.11. The van der Waals surface area contributed by atoms with Crippen molar-refractivity contribution in [3.05, 3.63) is 101 Å². The number of aromatic nitrogens is 1. The van der Waals surface area contributed by atoms with Crippen LogP contribution in [-0.4, -0.2) is 23.2 Å². The molecule has 2 aromatic carbocycles. The largest absolute Gasteiger partial charge is 0.342 e. The monoisotopic (exact) mass is 356 g/mol. The Labute approximate surface area is 158 Å². The predicted octanol–water partition coefficient (Wildman–Crippen LogP) is 3.79. The number of nitrogens with one attached hydrogen (secondary N) is 1. The van der Waals surface area contributed by atoms with Crippen LogP contribution in [0.4, 0.5) is 0 Å². The molecule has 3 rings (SSSR count). The second kappa shape index (κ2) is 9.25. The molecule has 0 unspecified atom stereocenters. The normalized spacial score (nSPS) is 11.9. The highest BCUT2D eigenvalue weighted by Gasteiger charge is 2.15. The van der Waals surface area contributed by atoms with Gasteiger partial charge in [0.2, 0.25) is 0 Å². The SMILES string of the molecule is O=C[C@H](Cc1ccccc1)NC(=O)c1ccccc1C=Cc1ccccn1. The number of carbonyl (C=O) groups is 2. The standard InChI is InChI=1S/C23H20N2O2/c26-17-21(16-18-8-2-1-3-9-18)25-23(27)22-12-5-4-10-19(22)13-14-20-11-6-7-15-24-20/h1-15,17,21H,16H2,(H,25,27)/t21-/m0/s1. The second-order valence-corrected chi connectivity index (χ2v) is 6.08. The Morgan fingerprint density at radius 3 is 2.41 bits per heavy atom. The zero-order valence-electron chi connectivity index (χ0n) is 14.8. The number of hydrogen-bond acceptors (Lipinski definition) is 3. The summed E-state index contributed by atoms with van der Waals surface area (Å²) in [4.78, 5) is 28.4. The number of benzene rings is 2. The van der Waals surface area contributed by atoms with E-state index in [2.05, 4.69) is 10.3 Å². The van der Waals surface area contributed by atoms with Crippen LogP contribution in [0.3, 0.4) is 0 Å². The molecule has 27 heavy (non-hydrogen) atoms. The summed E-state index contributed by atoms with van der Waals surface area (Å²) in [7, 11) is 0. The lowest BCUT2D eigenvalue weighted by atomic mass is 10.0. The van der Waals surface area contributed by atoms with Crippen LogP contribution in [0.1, 0.15) is 27.2 Å². The van der Waals surface area contributed by atoms with Gasteiger partial charge in [-0.15, -0.1) is 0 Å². The Bertz CT molecular complexity index is 921. The van der Waals surface area contributed by atoms with Crippen molar-refractivity contribution in [3.63, 3.8) is 0 Å². The van der Waals surface area contributed by atoms with Crippen LogP contribution >= 0.6 is 0 Å². The van der Waals surface area contributed by atoms with Crippen molar-refractivity contribution in [1.82, 2.24) is 10.3 Å². The molecule has 1 N–H and O–H groups in total. The molecular formula is C23H20N2O2. The van der Waals surface area contributed by atoms with Crippen molar-refractivity contribution in [3.8, 4) is 0 Å². The molecule has 3 aromatic rings. The molecule has 0 radical (unpaired) electrons. The Kier molecular flexibility index (Phi) is 6.26. The summed E-state index contributed by atoms with van der Waals surface area (Å²) < 4.78 is 0. The summed E-state index contributed by atoms with van der Waals surface area (Å²) in [6.07, 6.45) is 6.66. The minimum absolute atomic E-state index is 0.274. The van der Waals surface area contributed by atoms with Crippen LogP contribution in [0, 0.1) is 0 Å². The molecule has 1 amide bonds. The minimum Gasteiger partial charge on any atom is -0.342 e. The first-order chi connectivity index (χ1) is 13.3. The fourth-order valence-electron chi connectivity index (χ4n) is 2.75. The summed E-state index contributed by atoms with van der Waals surface area (Å²) in [6.45, 7) is 0. The summed E-state index contributed by atoms with van der Waals surface area (Å²) in [6, 6.07) is 22.0. The number of aldehydes is 1. The van der Waals surface area contributed by atoms with Gasteiger partial charge in [-0.25, -0.2) is 0 Å². The van der Waals surface area contributed by atoms with E-state index in [4.69, 9.17) is 0 Å². The van der Waals surface area contributed by atoms with Gasteiger partial charge in [0.1, 0.15) is 6.29 Å². The molecule has 0 aliphatic rings. The van der Waals surface area contributed by atoms with Crippen molar-refractivity contribution in [1.29, 1.82) is 0 Å². The van der Waals surface area contributed by atoms with Gasteiger partial charge in [0.05, 0.1) is 11.7 Å². The molecule has 0 saturated heterocycles. The van der Waals surface area contributed by atoms with Crippen molar-refractivity contribution < 1.29 is 9.59 Å². The van der Waals surface area contributed by atoms with Crippen molar-refractivity contribution in [2.45, 2.75) is 12.5 Å². The summed E-state index contributed by atoms with van der Waals surface area (Å²) in [5.74, 6) is -0.274. The smallest absolute Gasteiger partial charge is 0.252 e. The highest BCUT2D eigenvalue weighted by molar-refractivity contribution is 5.99.